The number of amides is 2. The van der Waals surface area contributed by atoms with Crippen LogP contribution in [0.4, 0.5) is 5.69 Å². The molecule has 25 heavy (non-hydrogen) atoms. The Kier molecular flexibility index (Phi) is 5.06. The van der Waals surface area contributed by atoms with E-state index in [-0.39, 0.29) is 12.5 Å². The van der Waals surface area contributed by atoms with Gasteiger partial charge >= 0.3 is 0 Å². The highest BCUT2D eigenvalue weighted by molar-refractivity contribution is 6.30. The van der Waals surface area contributed by atoms with E-state index < -0.39 is 12.0 Å². The Labute approximate surface area is 151 Å². The minimum atomic E-state index is -1.30. The molecular weight excluding hydrogens is 340 g/mol. The number of hydrogen-bond donors (Lipinski definition) is 1. The highest BCUT2D eigenvalue weighted by Gasteiger charge is 2.32. The molecule has 1 saturated heterocycles. The van der Waals surface area contributed by atoms with Crippen LogP contribution in [-0.4, -0.2) is 41.5 Å². The van der Waals surface area contributed by atoms with Crippen LogP contribution in [0.15, 0.2) is 48.5 Å². The average molecular weight is 359 g/mol. The summed E-state index contributed by atoms with van der Waals surface area (Å²) >= 11 is 5.82. The van der Waals surface area contributed by atoms with Crippen molar-refractivity contribution in [3.63, 3.8) is 0 Å². The molecule has 2 amide bonds. The second-order valence-corrected chi connectivity index (χ2v) is 6.48. The molecule has 3 rings (SSSR count). The van der Waals surface area contributed by atoms with E-state index in [2.05, 4.69) is 0 Å². The molecule has 1 heterocycles. The van der Waals surface area contributed by atoms with Gasteiger partial charge in [-0.25, -0.2) is 0 Å². The third kappa shape index (κ3) is 3.67. The van der Waals surface area contributed by atoms with Gasteiger partial charge in [-0.15, -0.1) is 0 Å². The molecule has 6 heteroatoms. The number of aliphatic hydroxyl groups is 1. The van der Waals surface area contributed by atoms with Crippen LogP contribution in [0, 0.1) is 6.92 Å². The lowest BCUT2D eigenvalue weighted by atomic mass is 10.1. The maximum Gasteiger partial charge on any atom is 0.256 e. The molecular formula is C19H19ClN2O3. The van der Waals surface area contributed by atoms with Gasteiger partial charge in [0.25, 0.3) is 5.91 Å². The van der Waals surface area contributed by atoms with Gasteiger partial charge in [0.2, 0.25) is 5.91 Å². The van der Waals surface area contributed by atoms with Crippen molar-refractivity contribution in [2.45, 2.75) is 13.0 Å². The third-order valence-corrected chi connectivity index (χ3v) is 4.61. The highest BCUT2D eigenvalue weighted by Crippen LogP contribution is 2.23. The van der Waals surface area contributed by atoms with E-state index in [9.17, 15) is 14.7 Å². The quantitative estimate of drug-likeness (QED) is 0.917. The normalized spacial score (nSPS) is 16.0. The first-order valence-corrected chi connectivity index (χ1v) is 8.43. The number of aliphatic hydroxyl groups excluding tert-OH is 1. The Hall–Kier alpha value is -2.37. The van der Waals surface area contributed by atoms with Gasteiger partial charge in [0, 0.05) is 23.8 Å². The lowest BCUT2D eigenvalue weighted by Crippen LogP contribution is -2.53. The maximum atomic E-state index is 12.5. The SMILES string of the molecule is Cc1ccccc1N1CCN(C(=O)[C@H](O)c2ccc(Cl)cc2)CC1=O. The minimum absolute atomic E-state index is 0.0438. The van der Waals surface area contributed by atoms with Crippen molar-refractivity contribution >= 4 is 29.1 Å². The first-order valence-electron chi connectivity index (χ1n) is 8.05. The second-order valence-electron chi connectivity index (χ2n) is 6.05. The van der Waals surface area contributed by atoms with Crippen LogP contribution in [0.3, 0.4) is 0 Å². The van der Waals surface area contributed by atoms with E-state index in [0.717, 1.165) is 11.3 Å². The smallest absolute Gasteiger partial charge is 0.256 e. The molecule has 1 atom stereocenters. The number of nitrogens with zero attached hydrogens (tertiary/aromatic N) is 2. The molecule has 1 aliphatic heterocycles. The Bertz CT molecular complexity index is 792. The topological polar surface area (TPSA) is 60.9 Å². The zero-order chi connectivity index (χ0) is 18.0. The van der Waals surface area contributed by atoms with E-state index in [0.29, 0.717) is 23.7 Å². The molecule has 1 fully saturated rings. The molecule has 5 nitrogen and oxygen atoms in total. The molecule has 0 unspecified atom stereocenters. The number of carbonyl (C=O) groups excluding carboxylic acids is 2. The summed E-state index contributed by atoms with van der Waals surface area (Å²) in [6.07, 6.45) is -1.30. The fourth-order valence-electron chi connectivity index (χ4n) is 2.94. The largest absolute Gasteiger partial charge is 0.378 e. The number of piperazine rings is 1. The van der Waals surface area contributed by atoms with E-state index >= 15 is 0 Å². The summed E-state index contributed by atoms with van der Waals surface area (Å²) in [6, 6.07) is 14.1. The van der Waals surface area contributed by atoms with E-state index in [1.807, 2.05) is 31.2 Å². The van der Waals surface area contributed by atoms with Gasteiger partial charge in [-0.1, -0.05) is 41.9 Å². The Morgan fingerprint density at radius 2 is 1.80 bits per heavy atom. The number of hydrogen-bond acceptors (Lipinski definition) is 3. The summed E-state index contributed by atoms with van der Waals surface area (Å²) in [7, 11) is 0. The predicted molar refractivity (Wildman–Crippen MR) is 96.5 cm³/mol. The van der Waals surface area contributed by atoms with Crippen LogP contribution < -0.4 is 4.90 Å². The van der Waals surface area contributed by atoms with Gasteiger partial charge in [-0.3, -0.25) is 9.59 Å². The van der Waals surface area contributed by atoms with Gasteiger partial charge in [-0.2, -0.15) is 0 Å². The minimum Gasteiger partial charge on any atom is -0.378 e. The Morgan fingerprint density at radius 1 is 1.12 bits per heavy atom. The lowest BCUT2D eigenvalue weighted by Gasteiger charge is -2.35. The number of anilines is 1. The van der Waals surface area contributed by atoms with Crippen molar-refractivity contribution in [2.24, 2.45) is 0 Å². The molecule has 2 aromatic rings. The standard InChI is InChI=1S/C19H19ClN2O3/c1-13-4-2-3-5-16(13)22-11-10-21(12-17(22)23)19(25)18(24)14-6-8-15(20)9-7-14/h2-9,18,24H,10-12H2,1H3/t18-/m1/s1. The van der Waals surface area contributed by atoms with Gasteiger partial charge in [0.15, 0.2) is 6.10 Å². The summed E-state index contributed by atoms with van der Waals surface area (Å²) in [4.78, 5) is 28.1. The average Bonchev–Trinajstić information content (AvgIpc) is 2.62. The van der Waals surface area contributed by atoms with Crippen molar-refractivity contribution in [3.05, 3.63) is 64.7 Å². The predicted octanol–water partition coefficient (Wildman–Crippen LogP) is 2.56. The third-order valence-electron chi connectivity index (χ3n) is 4.36. The fraction of sp³-hybridized carbons (Fsp3) is 0.263. The van der Waals surface area contributed by atoms with Crippen molar-refractivity contribution < 1.29 is 14.7 Å². The monoisotopic (exact) mass is 358 g/mol. The highest BCUT2D eigenvalue weighted by atomic mass is 35.5. The molecule has 0 radical (unpaired) electrons. The molecule has 0 saturated carbocycles. The summed E-state index contributed by atoms with van der Waals surface area (Å²) in [5, 5.41) is 10.8. The van der Waals surface area contributed by atoms with Crippen molar-refractivity contribution in [1.82, 2.24) is 4.90 Å². The van der Waals surface area contributed by atoms with Crippen LogP contribution in [0.25, 0.3) is 0 Å². The van der Waals surface area contributed by atoms with E-state index in [4.69, 9.17) is 11.6 Å². The number of carbonyl (C=O) groups is 2. The maximum absolute atomic E-state index is 12.5. The fourth-order valence-corrected chi connectivity index (χ4v) is 3.07. The molecule has 0 bridgehead atoms. The lowest BCUT2D eigenvalue weighted by molar-refractivity contribution is -0.144. The number of rotatable bonds is 3. The Balaban J connectivity index is 1.70. The molecule has 2 aromatic carbocycles. The van der Waals surface area contributed by atoms with Crippen molar-refractivity contribution in [3.8, 4) is 0 Å². The zero-order valence-corrected chi connectivity index (χ0v) is 14.6. The van der Waals surface area contributed by atoms with E-state index in [1.165, 1.54) is 4.90 Å². The van der Waals surface area contributed by atoms with Gasteiger partial charge in [0.05, 0.1) is 0 Å². The zero-order valence-electron chi connectivity index (χ0n) is 13.9. The van der Waals surface area contributed by atoms with E-state index in [1.54, 1.807) is 29.2 Å². The number of aryl methyl sites for hydroxylation is 1. The second kappa shape index (κ2) is 7.25. The van der Waals surface area contributed by atoms with Crippen molar-refractivity contribution in [2.75, 3.05) is 24.5 Å². The number of benzene rings is 2. The summed E-state index contributed by atoms with van der Waals surface area (Å²) in [5.74, 6) is -0.627. The first kappa shape index (κ1) is 17.5. The first-order chi connectivity index (χ1) is 12.0. The van der Waals surface area contributed by atoms with Crippen LogP contribution >= 0.6 is 11.6 Å². The Morgan fingerprint density at radius 3 is 2.44 bits per heavy atom. The van der Waals surface area contributed by atoms with Gasteiger partial charge in [-0.05, 0) is 36.2 Å². The number of halogens is 1. The van der Waals surface area contributed by atoms with Gasteiger partial charge in [0.1, 0.15) is 6.54 Å². The molecule has 0 aliphatic carbocycles. The summed E-state index contributed by atoms with van der Waals surface area (Å²) in [5.41, 5.74) is 2.33. The van der Waals surface area contributed by atoms with Gasteiger partial charge < -0.3 is 14.9 Å². The molecule has 130 valence electrons. The van der Waals surface area contributed by atoms with Crippen molar-refractivity contribution in [1.29, 1.82) is 0 Å². The molecule has 0 aromatic heterocycles. The molecule has 1 N–H and O–H groups in total. The van der Waals surface area contributed by atoms with Crippen LogP contribution in [-0.2, 0) is 9.59 Å². The van der Waals surface area contributed by atoms with Crippen LogP contribution in [0.5, 0.6) is 0 Å². The molecule has 0 spiro atoms. The van der Waals surface area contributed by atoms with Crippen LogP contribution in [0.1, 0.15) is 17.2 Å². The number of para-hydroxylation sites is 1. The molecule has 1 aliphatic rings. The van der Waals surface area contributed by atoms with Crippen LogP contribution in [0.2, 0.25) is 5.02 Å². The summed E-state index contributed by atoms with van der Waals surface area (Å²) < 4.78 is 0. The summed E-state index contributed by atoms with van der Waals surface area (Å²) in [6.45, 7) is 2.69.